The number of nitrogens with zero attached hydrogens (tertiary/aromatic N) is 1. The molecular weight excluding hydrogens is 486 g/mol. The Balaban J connectivity index is 0.000000466. The van der Waals surface area contributed by atoms with Crippen molar-refractivity contribution >= 4 is 29.4 Å². The van der Waals surface area contributed by atoms with Crippen LogP contribution in [0.25, 0.3) is 0 Å². The molecule has 0 spiro atoms. The van der Waals surface area contributed by atoms with Crippen LogP contribution in [0.4, 0.5) is 13.6 Å². The fourth-order valence-electron chi connectivity index (χ4n) is 3.19. The van der Waals surface area contributed by atoms with Gasteiger partial charge in [-0.3, -0.25) is 0 Å². The summed E-state index contributed by atoms with van der Waals surface area (Å²) < 4.78 is 39.2. The molecule has 0 aliphatic carbocycles. The molecule has 1 aliphatic rings. The van der Waals surface area contributed by atoms with E-state index in [1.165, 1.54) is 11.3 Å². The molecule has 9 nitrogen and oxygen atoms in total. The number of ether oxygens (including phenoxy) is 2. The van der Waals surface area contributed by atoms with E-state index in [-0.39, 0.29) is 30.0 Å². The molecule has 2 aromatic rings. The number of carbonyl (C=O) groups excluding carboxylic acids is 1. The molecule has 0 unspecified atom stereocenters. The predicted molar refractivity (Wildman–Crippen MR) is 123 cm³/mol. The first-order valence-electron chi connectivity index (χ1n) is 10.5. The zero-order chi connectivity index (χ0) is 26.0. The number of thiophene rings is 1. The lowest BCUT2D eigenvalue weighted by Crippen LogP contribution is -2.57. The number of amides is 1. The van der Waals surface area contributed by atoms with Gasteiger partial charge in [0.1, 0.15) is 30.6 Å². The van der Waals surface area contributed by atoms with Crippen molar-refractivity contribution < 1.29 is 42.9 Å². The van der Waals surface area contributed by atoms with Crippen LogP contribution in [0.3, 0.4) is 0 Å². The first-order valence-corrected chi connectivity index (χ1v) is 11.4. The van der Waals surface area contributed by atoms with Crippen LogP contribution in [0.1, 0.15) is 24.3 Å². The van der Waals surface area contributed by atoms with E-state index in [2.05, 4.69) is 5.32 Å². The summed E-state index contributed by atoms with van der Waals surface area (Å²) in [7, 11) is 0. The van der Waals surface area contributed by atoms with Crippen LogP contribution in [-0.2, 0) is 27.5 Å². The van der Waals surface area contributed by atoms with Crippen LogP contribution >= 0.6 is 11.3 Å². The molecular formula is C23H26F2N2O7S. The van der Waals surface area contributed by atoms with Crippen molar-refractivity contribution in [3.05, 3.63) is 63.9 Å². The molecule has 1 aromatic heterocycles. The molecule has 3 rings (SSSR count). The van der Waals surface area contributed by atoms with Gasteiger partial charge >= 0.3 is 18.0 Å². The van der Waals surface area contributed by atoms with E-state index in [1.807, 2.05) is 31.4 Å². The van der Waals surface area contributed by atoms with Crippen molar-refractivity contribution in [1.82, 2.24) is 10.2 Å². The quantitative estimate of drug-likeness (QED) is 0.481. The number of nitrogens with one attached hydrogen (secondary N) is 1. The second kappa shape index (κ2) is 13.4. The Kier molecular flexibility index (Phi) is 10.6. The van der Waals surface area contributed by atoms with Crippen LogP contribution in [0.2, 0.25) is 0 Å². The average molecular weight is 513 g/mol. The highest BCUT2D eigenvalue weighted by molar-refractivity contribution is 7.09. The van der Waals surface area contributed by atoms with Gasteiger partial charge in [-0.1, -0.05) is 6.07 Å². The van der Waals surface area contributed by atoms with E-state index in [4.69, 9.17) is 19.7 Å². The van der Waals surface area contributed by atoms with Crippen molar-refractivity contribution in [2.45, 2.75) is 39.1 Å². The number of halogens is 2. The molecule has 35 heavy (non-hydrogen) atoms. The molecule has 3 N–H and O–H groups in total. The average Bonchev–Trinajstić information content (AvgIpc) is 3.30. The van der Waals surface area contributed by atoms with E-state index in [1.54, 1.807) is 4.90 Å². The van der Waals surface area contributed by atoms with Crippen molar-refractivity contribution in [1.29, 1.82) is 0 Å². The van der Waals surface area contributed by atoms with Gasteiger partial charge < -0.3 is 29.9 Å². The largest absolute Gasteiger partial charge is 0.488 e. The second-order valence-corrected chi connectivity index (χ2v) is 8.59. The van der Waals surface area contributed by atoms with Gasteiger partial charge in [-0.15, -0.1) is 11.3 Å². The van der Waals surface area contributed by atoms with E-state index < -0.39 is 36.3 Å². The molecule has 2 atom stereocenters. The van der Waals surface area contributed by atoms with Gasteiger partial charge in [0.25, 0.3) is 0 Å². The normalized spacial score (nSPS) is 17.4. The highest BCUT2D eigenvalue weighted by Crippen LogP contribution is 2.23. The molecule has 190 valence electrons. The van der Waals surface area contributed by atoms with Crippen LogP contribution in [0, 0.1) is 11.6 Å². The summed E-state index contributed by atoms with van der Waals surface area (Å²) in [6.45, 7) is 4.86. The van der Waals surface area contributed by atoms with E-state index in [0.29, 0.717) is 25.2 Å². The highest BCUT2D eigenvalue weighted by atomic mass is 32.1. The lowest BCUT2D eigenvalue weighted by Gasteiger charge is -2.38. The maximum Gasteiger partial charge on any atom is 0.410 e. The Labute approximate surface area is 204 Å². The lowest BCUT2D eigenvalue weighted by molar-refractivity contribution is -0.134. The molecule has 12 heteroatoms. The first-order chi connectivity index (χ1) is 16.6. The van der Waals surface area contributed by atoms with Crippen LogP contribution < -0.4 is 10.1 Å². The molecule has 0 radical (unpaired) electrons. The number of carboxylic acid groups (broad SMARTS) is 2. The number of carboxylic acids is 2. The van der Waals surface area contributed by atoms with Gasteiger partial charge in [-0.05, 0) is 25.3 Å². The third-order valence-electron chi connectivity index (χ3n) is 4.82. The molecule has 1 aliphatic heterocycles. The number of aliphatic carboxylic acids is 2. The number of benzene rings is 1. The Morgan fingerprint density at radius 1 is 1.09 bits per heavy atom. The molecule has 0 bridgehead atoms. The predicted octanol–water partition coefficient (Wildman–Crippen LogP) is 3.64. The standard InChI is InChI=1S/C19H22F2N2O3S.C4H4O4/c1-12-8-22-9-13(2)23(12)19(24)26-11-16-17(20)6-14(7-18(16)21)25-10-15-4-3-5-27-15;5-3(6)1-2-4(7)8/h3-7,12-13,22H,8-11H2,1-2H3;1-2H,(H,5,6)(H,7,8)/b;2-1+/t12-,13+;. The molecule has 1 amide bonds. The number of rotatable bonds is 7. The SMILES string of the molecule is C[C@@H]1CNC[C@H](C)N1C(=O)OCc1c(F)cc(OCc2cccs2)cc1F.O=C(O)/C=C/C(=O)O. The smallest absolute Gasteiger partial charge is 0.410 e. The van der Waals surface area contributed by atoms with E-state index in [9.17, 15) is 23.2 Å². The fraction of sp³-hybridized carbons (Fsp3) is 0.348. The monoisotopic (exact) mass is 512 g/mol. The van der Waals surface area contributed by atoms with Crippen LogP contribution in [0.15, 0.2) is 41.8 Å². The zero-order valence-electron chi connectivity index (χ0n) is 19.1. The number of piperazine rings is 1. The third kappa shape index (κ3) is 8.98. The van der Waals surface area contributed by atoms with Gasteiger partial charge in [-0.2, -0.15) is 0 Å². The first kappa shape index (κ1) is 27.7. The fourth-order valence-corrected chi connectivity index (χ4v) is 3.81. The molecule has 0 saturated carbocycles. The minimum absolute atomic E-state index is 0.0519. The Morgan fingerprint density at radius 3 is 2.14 bits per heavy atom. The second-order valence-electron chi connectivity index (χ2n) is 7.56. The van der Waals surface area contributed by atoms with Crippen LogP contribution in [0.5, 0.6) is 5.75 Å². The molecule has 2 heterocycles. The minimum atomic E-state index is -1.26. The van der Waals surface area contributed by atoms with Gasteiger partial charge in [0, 0.05) is 54.3 Å². The topological polar surface area (TPSA) is 125 Å². The summed E-state index contributed by atoms with van der Waals surface area (Å²) in [5.74, 6) is -4.02. The van der Waals surface area contributed by atoms with Crippen molar-refractivity contribution in [3.63, 3.8) is 0 Å². The van der Waals surface area contributed by atoms with E-state index >= 15 is 0 Å². The van der Waals surface area contributed by atoms with Gasteiger partial charge in [0.05, 0.1) is 5.56 Å². The minimum Gasteiger partial charge on any atom is -0.488 e. The Bertz CT molecular complexity index is 997. The maximum atomic E-state index is 14.3. The van der Waals surface area contributed by atoms with Crippen molar-refractivity contribution in [2.75, 3.05) is 13.1 Å². The summed E-state index contributed by atoms with van der Waals surface area (Å²) in [6, 6.07) is 5.87. The number of carbonyl (C=O) groups is 3. The number of hydrogen-bond donors (Lipinski definition) is 3. The van der Waals surface area contributed by atoms with Gasteiger partial charge in [0.2, 0.25) is 0 Å². The summed E-state index contributed by atoms with van der Waals surface area (Å²) in [6.07, 6.45) is 0.540. The Morgan fingerprint density at radius 2 is 1.66 bits per heavy atom. The molecule has 1 fully saturated rings. The summed E-state index contributed by atoms with van der Waals surface area (Å²) >= 11 is 1.50. The Hall–Kier alpha value is -3.51. The number of hydrogen-bond acceptors (Lipinski definition) is 7. The molecule has 1 aromatic carbocycles. The summed E-state index contributed by atoms with van der Waals surface area (Å²) in [5, 5.41) is 20.7. The third-order valence-corrected chi connectivity index (χ3v) is 5.67. The van der Waals surface area contributed by atoms with E-state index in [0.717, 1.165) is 17.0 Å². The van der Waals surface area contributed by atoms with Gasteiger partial charge in [0.15, 0.2) is 0 Å². The van der Waals surface area contributed by atoms with Crippen molar-refractivity contribution in [2.24, 2.45) is 0 Å². The maximum absolute atomic E-state index is 14.3. The summed E-state index contributed by atoms with van der Waals surface area (Å²) in [4.78, 5) is 34.0. The highest BCUT2D eigenvalue weighted by Gasteiger charge is 2.30. The lowest BCUT2D eigenvalue weighted by atomic mass is 10.1. The van der Waals surface area contributed by atoms with Gasteiger partial charge in [-0.25, -0.2) is 23.2 Å². The van der Waals surface area contributed by atoms with Crippen LogP contribution in [-0.4, -0.2) is 58.3 Å². The zero-order valence-corrected chi connectivity index (χ0v) is 19.9. The summed E-state index contributed by atoms with van der Waals surface area (Å²) in [5.41, 5.74) is -0.290. The molecule has 1 saturated heterocycles. The van der Waals surface area contributed by atoms with Crippen molar-refractivity contribution in [3.8, 4) is 5.75 Å².